The van der Waals surface area contributed by atoms with E-state index >= 15 is 0 Å². The van der Waals surface area contributed by atoms with Crippen LogP contribution >= 0.6 is 11.3 Å². The second-order valence-corrected chi connectivity index (χ2v) is 8.41. The first-order valence-corrected chi connectivity index (χ1v) is 9.30. The van der Waals surface area contributed by atoms with E-state index in [2.05, 4.69) is 31.5 Å². The molecule has 1 N–H and O–H groups in total. The molecule has 0 unspecified atom stereocenters. The Labute approximate surface area is 141 Å². The number of rotatable bonds is 2. The molecule has 2 fully saturated rings. The van der Waals surface area contributed by atoms with Gasteiger partial charge in [0.2, 0.25) is 11.8 Å². The average molecular weight is 335 g/mol. The van der Waals surface area contributed by atoms with Crippen molar-refractivity contribution in [3.05, 3.63) is 16.1 Å². The molecule has 5 nitrogen and oxygen atoms in total. The van der Waals surface area contributed by atoms with Crippen molar-refractivity contribution in [1.82, 2.24) is 15.2 Å². The van der Waals surface area contributed by atoms with E-state index < -0.39 is 0 Å². The topological polar surface area (TPSA) is 62.3 Å². The second-order valence-electron chi connectivity index (χ2n) is 7.52. The van der Waals surface area contributed by atoms with Crippen molar-refractivity contribution in [3.8, 4) is 0 Å². The average Bonchev–Trinajstić information content (AvgIpc) is 3.15. The molecule has 0 bridgehead atoms. The van der Waals surface area contributed by atoms with Crippen LogP contribution in [0.25, 0.3) is 0 Å². The van der Waals surface area contributed by atoms with Crippen molar-refractivity contribution in [2.24, 2.45) is 0 Å². The molecule has 0 radical (unpaired) electrons. The van der Waals surface area contributed by atoms with Gasteiger partial charge in [0.15, 0.2) is 0 Å². The predicted molar refractivity (Wildman–Crippen MR) is 90.3 cm³/mol. The number of hydrogen-bond acceptors (Lipinski definition) is 4. The summed E-state index contributed by atoms with van der Waals surface area (Å²) in [6.07, 6.45) is 4.19. The van der Waals surface area contributed by atoms with Gasteiger partial charge in [-0.2, -0.15) is 0 Å². The summed E-state index contributed by atoms with van der Waals surface area (Å²) in [6, 6.07) is -0.278. The summed E-state index contributed by atoms with van der Waals surface area (Å²) < 4.78 is 0. The van der Waals surface area contributed by atoms with Crippen LogP contribution in [0.15, 0.2) is 5.38 Å². The van der Waals surface area contributed by atoms with E-state index in [-0.39, 0.29) is 29.3 Å². The standard InChI is InChI=1S/C17H25N3O2S/c1-17(2,3)13-10-23-15(19-13)12-6-4-5-9-20(12)16(22)11-7-8-14(21)18-11/h10-12H,4-9H2,1-3H3,(H,18,21)/t11-,12-/m0/s1. The molecular formula is C17H25N3O2S. The van der Waals surface area contributed by atoms with Crippen LogP contribution in [0.4, 0.5) is 0 Å². The van der Waals surface area contributed by atoms with Gasteiger partial charge in [-0.3, -0.25) is 9.59 Å². The van der Waals surface area contributed by atoms with Crippen LogP contribution < -0.4 is 5.32 Å². The minimum absolute atomic E-state index is 0.0128. The number of amides is 2. The Kier molecular flexibility index (Phi) is 4.45. The van der Waals surface area contributed by atoms with E-state index in [0.717, 1.165) is 36.5 Å². The van der Waals surface area contributed by atoms with Gasteiger partial charge < -0.3 is 10.2 Å². The normalized spacial score (nSPS) is 25.5. The highest BCUT2D eigenvalue weighted by Crippen LogP contribution is 2.35. The number of piperidine rings is 1. The monoisotopic (exact) mass is 335 g/mol. The van der Waals surface area contributed by atoms with Gasteiger partial charge in [-0.05, 0) is 25.7 Å². The van der Waals surface area contributed by atoms with E-state index in [1.54, 1.807) is 11.3 Å². The molecule has 0 aromatic carbocycles. The summed E-state index contributed by atoms with van der Waals surface area (Å²) in [5.41, 5.74) is 1.11. The van der Waals surface area contributed by atoms with Gasteiger partial charge in [0.05, 0.1) is 11.7 Å². The summed E-state index contributed by atoms with van der Waals surface area (Å²) in [5, 5.41) is 5.95. The van der Waals surface area contributed by atoms with Crippen molar-refractivity contribution in [2.75, 3.05) is 6.54 Å². The number of nitrogens with one attached hydrogen (secondary N) is 1. The first-order chi connectivity index (χ1) is 10.9. The molecule has 2 saturated heterocycles. The lowest BCUT2D eigenvalue weighted by atomic mass is 9.93. The van der Waals surface area contributed by atoms with Crippen molar-refractivity contribution >= 4 is 23.2 Å². The minimum atomic E-state index is -0.342. The van der Waals surface area contributed by atoms with Crippen molar-refractivity contribution in [3.63, 3.8) is 0 Å². The Hall–Kier alpha value is -1.43. The lowest BCUT2D eigenvalue weighted by Gasteiger charge is -2.36. The summed E-state index contributed by atoms with van der Waals surface area (Å²) in [5.74, 6) is 0.0502. The predicted octanol–water partition coefficient (Wildman–Crippen LogP) is 2.77. The van der Waals surface area contributed by atoms with Crippen LogP contribution in [0.1, 0.15) is 69.6 Å². The largest absolute Gasteiger partial charge is 0.344 e. The van der Waals surface area contributed by atoms with E-state index in [4.69, 9.17) is 4.98 Å². The summed E-state index contributed by atoms with van der Waals surface area (Å²) >= 11 is 1.65. The third kappa shape index (κ3) is 3.42. The van der Waals surface area contributed by atoms with E-state index in [9.17, 15) is 9.59 Å². The maximum Gasteiger partial charge on any atom is 0.245 e. The Bertz CT molecular complexity index is 605. The van der Waals surface area contributed by atoms with Gasteiger partial charge in [-0.25, -0.2) is 4.98 Å². The van der Waals surface area contributed by atoms with Crippen LogP contribution in [0.5, 0.6) is 0 Å². The molecule has 3 heterocycles. The highest BCUT2D eigenvalue weighted by atomic mass is 32.1. The number of carbonyl (C=O) groups excluding carboxylic acids is 2. The molecule has 2 aliphatic rings. The Morgan fingerprint density at radius 3 is 2.74 bits per heavy atom. The molecule has 0 aliphatic carbocycles. The quantitative estimate of drug-likeness (QED) is 0.904. The number of nitrogens with zero attached hydrogens (tertiary/aromatic N) is 2. The highest BCUT2D eigenvalue weighted by molar-refractivity contribution is 7.09. The van der Waals surface area contributed by atoms with Crippen LogP contribution in [0.2, 0.25) is 0 Å². The first kappa shape index (κ1) is 16.4. The number of thiazole rings is 1. The van der Waals surface area contributed by atoms with Gasteiger partial charge in [-0.1, -0.05) is 20.8 Å². The molecular weight excluding hydrogens is 310 g/mol. The maximum absolute atomic E-state index is 12.8. The fraction of sp³-hybridized carbons (Fsp3) is 0.706. The lowest BCUT2D eigenvalue weighted by molar-refractivity contribution is -0.138. The molecule has 2 aliphatic heterocycles. The molecule has 1 aromatic rings. The van der Waals surface area contributed by atoms with Crippen LogP contribution in [-0.4, -0.2) is 34.3 Å². The summed E-state index contributed by atoms with van der Waals surface area (Å²) in [7, 11) is 0. The van der Waals surface area contributed by atoms with Crippen LogP contribution in [0.3, 0.4) is 0 Å². The van der Waals surface area contributed by atoms with Crippen LogP contribution in [-0.2, 0) is 15.0 Å². The molecule has 126 valence electrons. The number of hydrogen-bond donors (Lipinski definition) is 1. The van der Waals surface area contributed by atoms with Gasteiger partial charge in [0.25, 0.3) is 0 Å². The SMILES string of the molecule is CC(C)(C)c1csc([C@@H]2CCCCN2C(=O)[C@@H]2CCC(=O)N2)n1. The zero-order valence-electron chi connectivity index (χ0n) is 14.1. The zero-order valence-corrected chi connectivity index (χ0v) is 14.9. The lowest BCUT2D eigenvalue weighted by Crippen LogP contribution is -2.47. The molecule has 3 rings (SSSR count). The molecule has 0 spiro atoms. The van der Waals surface area contributed by atoms with Gasteiger partial charge >= 0.3 is 0 Å². The van der Waals surface area contributed by atoms with E-state index in [1.165, 1.54) is 0 Å². The van der Waals surface area contributed by atoms with E-state index in [1.807, 2.05) is 4.90 Å². The third-order valence-corrected chi connectivity index (χ3v) is 5.60. The fourth-order valence-electron chi connectivity index (χ4n) is 3.24. The number of carbonyl (C=O) groups is 2. The molecule has 6 heteroatoms. The second kappa shape index (κ2) is 6.23. The Morgan fingerprint density at radius 2 is 2.13 bits per heavy atom. The van der Waals surface area contributed by atoms with Crippen molar-refractivity contribution in [2.45, 2.75) is 70.4 Å². The maximum atomic E-state index is 12.8. The van der Waals surface area contributed by atoms with Gasteiger partial charge in [0, 0.05) is 23.8 Å². The number of likely N-dealkylation sites (tertiary alicyclic amines) is 1. The summed E-state index contributed by atoms with van der Waals surface area (Å²) in [6.45, 7) is 7.23. The van der Waals surface area contributed by atoms with Crippen molar-refractivity contribution in [1.29, 1.82) is 0 Å². The Balaban J connectivity index is 1.80. The zero-order chi connectivity index (χ0) is 16.6. The summed E-state index contributed by atoms with van der Waals surface area (Å²) in [4.78, 5) is 31.0. The first-order valence-electron chi connectivity index (χ1n) is 8.42. The minimum Gasteiger partial charge on any atom is -0.344 e. The molecule has 2 atom stereocenters. The highest BCUT2D eigenvalue weighted by Gasteiger charge is 2.37. The third-order valence-electron chi connectivity index (χ3n) is 4.65. The van der Waals surface area contributed by atoms with Gasteiger partial charge in [0.1, 0.15) is 11.0 Å². The van der Waals surface area contributed by atoms with Gasteiger partial charge in [-0.15, -0.1) is 11.3 Å². The Morgan fingerprint density at radius 1 is 1.35 bits per heavy atom. The number of aromatic nitrogens is 1. The molecule has 1 aromatic heterocycles. The molecule has 0 saturated carbocycles. The fourth-order valence-corrected chi connectivity index (χ4v) is 4.43. The smallest absolute Gasteiger partial charge is 0.245 e. The van der Waals surface area contributed by atoms with Crippen LogP contribution in [0, 0.1) is 0 Å². The van der Waals surface area contributed by atoms with Crippen molar-refractivity contribution < 1.29 is 9.59 Å². The molecule has 23 heavy (non-hydrogen) atoms. The molecule has 2 amide bonds. The van der Waals surface area contributed by atoms with E-state index in [0.29, 0.717) is 12.8 Å².